The minimum absolute atomic E-state index is 0.00729. The number of hydrogen-bond donors (Lipinski definition) is 2. The Bertz CT molecular complexity index is 1320. The summed E-state index contributed by atoms with van der Waals surface area (Å²) in [5, 5.41) is 11.3. The van der Waals surface area contributed by atoms with E-state index in [4.69, 9.17) is 5.26 Å². The highest BCUT2D eigenvalue weighted by Gasteiger charge is 2.23. The smallest absolute Gasteiger partial charge is 0.261 e. The number of benzene rings is 2. The molecule has 0 aromatic heterocycles. The van der Waals surface area contributed by atoms with E-state index in [2.05, 4.69) is 16.6 Å². The number of anilines is 1. The van der Waals surface area contributed by atoms with E-state index in [0.717, 1.165) is 11.8 Å². The van der Waals surface area contributed by atoms with Crippen LogP contribution in [0, 0.1) is 11.3 Å². The predicted molar refractivity (Wildman–Crippen MR) is 127 cm³/mol. The van der Waals surface area contributed by atoms with E-state index in [9.17, 15) is 21.6 Å². The number of carbonyl (C=O) groups is 1. The molecule has 0 atom stereocenters. The summed E-state index contributed by atoms with van der Waals surface area (Å²) in [5.74, 6) is -0.566. The summed E-state index contributed by atoms with van der Waals surface area (Å²) < 4.78 is 51.8. The summed E-state index contributed by atoms with van der Waals surface area (Å²) in [5.41, 5.74) is 0.972. The van der Waals surface area contributed by atoms with Crippen LogP contribution in [0.4, 0.5) is 5.69 Å². The monoisotopic (exact) mass is 489 g/mol. The molecule has 0 aliphatic heterocycles. The maximum absolute atomic E-state index is 13.0. The lowest BCUT2D eigenvalue weighted by atomic mass is 9.86. The van der Waals surface area contributed by atoms with E-state index >= 15 is 0 Å². The van der Waals surface area contributed by atoms with Gasteiger partial charge in [-0.05, 0) is 53.8 Å². The Morgan fingerprint density at radius 1 is 1.03 bits per heavy atom. The molecule has 2 aromatic rings. The van der Waals surface area contributed by atoms with Crippen molar-refractivity contribution >= 4 is 31.5 Å². The highest BCUT2D eigenvalue weighted by molar-refractivity contribution is 7.92. The SMILES string of the molecule is C=C(CCC#N)NC(=O)c1ccc(C(C)(C)C)cc1NS(=O)(=O)c1ccc(S(C)(=O)=O)cc1. The molecule has 0 bridgehead atoms. The number of nitriles is 1. The van der Waals surface area contributed by atoms with Gasteiger partial charge in [0.15, 0.2) is 9.84 Å². The highest BCUT2D eigenvalue weighted by Crippen LogP contribution is 2.29. The fraction of sp³-hybridized carbons (Fsp3) is 0.304. The minimum atomic E-state index is -4.13. The summed E-state index contributed by atoms with van der Waals surface area (Å²) in [6, 6.07) is 11.6. The van der Waals surface area contributed by atoms with Crippen molar-refractivity contribution in [3.05, 3.63) is 65.9 Å². The molecule has 2 rings (SSSR count). The summed E-state index contributed by atoms with van der Waals surface area (Å²) >= 11 is 0. The number of allylic oxidation sites excluding steroid dienone is 1. The van der Waals surface area contributed by atoms with Gasteiger partial charge in [0.05, 0.1) is 27.1 Å². The van der Waals surface area contributed by atoms with Gasteiger partial charge in [-0.25, -0.2) is 16.8 Å². The van der Waals surface area contributed by atoms with Crippen LogP contribution in [-0.2, 0) is 25.3 Å². The first kappa shape index (κ1) is 26.1. The number of nitrogens with one attached hydrogen (secondary N) is 2. The van der Waals surface area contributed by atoms with E-state index in [0.29, 0.717) is 5.70 Å². The van der Waals surface area contributed by atoms with Crippen LogP contribution in [0.1, 0.15) is 49.5 Å². The molecule has 10 heteroatoms. The van der Waals surface area contributed by atoms with Crippen LogP contribution in [0.15, 0.2) is 64.5 Å². The Labute approximate surface area is 195 Å². The Hall–Kier alpha value is -3.16. The molecule has 2 N–H and O–H groups in total. The van der Waals surface area contributed by atoms with E-state index in [1.54, 1.807) is 12.1 Å². The van der Waals surface area contributed by atoms with Crippen LogP contribution in [0.25, 0.3) is 0 Å². The Kier molecular flexibility index (Phi) is 7.72. The molecule has 0 saturated carbocycles. The Balaban J connectivity index is 2.46. The van der Waals surface area contributed by atoms with Gasteiger partial charge in [0.2, 0.25) is 0 Å². The van der Waals surface area contributed by atoms with E-state index < -0.39 is 25.8 Å². The Morgan fingerprint density at radius 3 is 2.12 bits per heavy atom. The molecule has 0 spiro atoms. The van der Waals surface area contributed by atoms with Gasteiger partial charge in [0, 0.05) is 18.4 Å². The quantitative estimate of drug-likeness (QED) is 0.580. The maximum atomic E-state index is 13.0. The first-order valence-corrected chi connectivity index (χ1v) is 13.4. The van der Waals surface area contributed by atoms with Gasteiger partial charge in [0.25, 0.3) is 15.9 Å². The molecule has 0 aliphatic carbocycles. The largest absolute Gasteiger partial charge is 0.326 e. The molecule has 176 valence electrons. The molecule has 0 fully saturated rings. The van der Waals surface area contributed by atoms with E-state index in [1.807, 2.05) is 26.8 Å². The zero-order valence-corrected chi connectivity index (χ0v) is 20.6. The number of sulfonamides is 1. The second kappa shape index (κ2) is 9.77. The fourth-order valence-electron chi connectivity index (χ4n) is 2.86. The van der Waals surface area contributed by atoms with Crippen molar-refractivity contribution in [2.45, 2.75) is 48.8 Å². The van der Waals surface area contributed by atoms with Crippen molar-refractivity contribution in [1.82, 2.24) is 5.32 Å². The van der Waals surface area contributed by atoms with E-state index in [1.165, 1.54) is 30.3 Å². The normalized spacial score (nSPS) is 12.0. The number of amides is 1. The molecule has 0 unspecified atom stereocenters. The van der Waals surface area contributed by atoms with Gasteiger partial charge in [-0.3, -0.25) is 9.52 Å². The number of sulfone groups is 1. The summed E-state index contributed by atoms with van der Waals surface area (Å²) in [6.07, 6.45) is 1.49. The zero-order chi connectivity index (χ0) is 25.0. The molecule has 8 nitrogen and oxygen atoms in total. The molecule has 0 radical (unpaired) electrons. The molecule has 0 heterocycles. The second-order valence-corrected chi connectivity index (χ2v) is 12.3. The third-order valence-corrected chi connectivity index (χ3v) is 7.28. The second-order valence-electron chi connectivity index (χ2n) is 8.58. The molecule has 0 aliphatic rings. The molecule has 0 saturated heterocycles. The molecule has 1 amide bonds. The number of hydrogen-bond acceptors (Lipinski definition) is 6. The van der Waals surface area contributed by atoms with Crippen molar-refractivity contribution < 1.29 is 21.6 Å². The fourth-order valence-corrected chi connectivity index (χ4v) is 4.56. The number of nitrogens with zero attached hydrogens (tertiary/aromatic N) is 1. The summed E-state index contributed by atoms with van der Waals surface area (Å²) in [7, 11) is -7.61. The minimum Gasteiger partial charge on any atom is -0.326 e. The lowest BCUT2D eigenvalue weighted by Crippen LogP contribution is -2.25. The zero-order valence-electron chi connectivity index (χ0n) is 19.0. The standard InChI is InChI=1S/C23H27N3O5S2/c1-16(7-6-14-24)25-22(27)20-13-8-17(23(2,3)4)15-21(20)26-33(30,31)19-11-9-18(10-12-19)32(5,28)29/h8-13,15,26H,1,6-7H2,2-5H3,(H,25,27). The maximum Gasteiger partial charge on any atom is 0.261 e. The van der Waals surface area contributed by atoms with Crippen LogP contribution in [0.5, 0.6) is 0 Å². The van der Waals surface area contributed by atoms with E-state index in [-0.39, 0.29) is 39.3 Å². The van der Waals surface area contributed by atoms with Crippen LogP contribution >= 0.6 is 0 Å². The lowest BCUT2D eigenvalue weighted by molar-refractivity contribution is 0.0965. The van der Waals surface area contributed by atoms with Crippen molar-refractivity contribution in [2.24, 2.45) is 0 Å². The lowest BCUT2D eigenvalue weighted by Gasteiger charge is -2.22. The molecular formula is C23H27N3O5S2. The van der Waals surface area contributed by atoms with Crippen molar-refractivity contribution in [2.75, 3.05) is 11.0 Å². The molecule has 33 heavy (non-hydrogen) atoms. The van der Waals surface area contributed by atoms with Gasteiger partial charge in [-0.1, -0.05) is 33.4 Å². The third kappa shape index (κ3) is 6.91. The highest BCUT2D eigenvalue weighted by atomic mass is 32.2. The first-order chi connectivity index (χ1) is 15.1. The van der Waals surface area contributed by atoms with Crippen molar-refractivity contribution in [3.8, 4) is 6.07 Å². The van der Waals surface area contributed by atoms with Crippen molar-refractivity contribution in [3.63, 3.8) is 0 Å². The molecular weight excluding hydrogens is 462 g/mol. The average molecular weight is 490 g/mol. The van der Waals surface area contributed by atoms with Gasteiger partial charge < -0.3 is 5.32 Å². The predicted octanol–water partition coefficient (Wildman–Crippen LogP) is 3.74. The van der Waals surface area contributed by atoms with Gasteiger partial charge in [-0.2, -0.15) is 5.26 Å². The van der Waals surface area contributed by atoms with Gasteiger partial charge >= 0.3 is 0 Å². The summed E-state index contributed by atoms with van der Waals surface area (Å²) in [4.78, 5) is 12.7. The van der Waals surface area contributed by atoms with Crippen LogP contribution in [0.2, 0.25) is 0 Å². The van der Waals surface area contributed by atoms with Gasteiger partial charge in [-0.15, -0.1) is 0 Å². The average Bonchev–Trinajstić information content (AvgIpc) is 2.70. The van der Waals surface area contributed by atoms with Crippen molar-refractivity contribution in [1.29, 1.82) is 5.26 Å². The van der Waals surface area contributed by atoms with Crippen LogP contribution in [0.3, 0.4) is 0 Å². The number of carbonyl (C=O) groups excluding carboxylic acids is 1. The summed E-state index contributed by atoms with van der Waals surface area (Å²) in [6.45, 7) is 9.58. The topological polar surface area (TPSA) is 133 Å². The van der Waals surface area contributed by atoms with Crippen LogP contribution < -0.4 is 10.0 Å². The van der Waals surface area contributed by atoms with Crippen LogP contribution in [-0.4, -0.2) is 29.0 Å². The first-order valence-electron chi connectivity index (χ1n) is 9.99. The number of rotatable bonds is 8. The van der Waals surface area contributed by atoms with Gasteiger partial charge in [0.1, 0.15) is 0 Å². The molecule has 2 aromatic carbocycles. The third-order valence-electron chi connectivity index (χ3n) is 4.77. The Morgan fingerprint density at radius 2 is 1.61 bits per heavy atom.